The van der Waals surface area contributed by atoms with Crippen molar-refractivity contribution in [3.63, 3.8) is 0 Å². The predicted octanol–water partition coefficient (Wildman–Crippen LogP) is 5.21. The summed E-state index contributed by atoms with van der Waals surface area (Å²) in [6, 6.07) is 0. The van der Waals surface area contributed by atoms with Crippen LogP contribution in [-0.4, -0.2) is 34.2 Å². The Morgan fingerprint density at radius 1 is 0.962 bits per heavy atom. The molecule has 0 bridgehead atoms. The summed E-state index contributed by atoms with van der Waals surface area (Å²) in [4.78, 5) is 25.3. The van der Waals surface area contributed by atoms with Gasteiger partial charge in [-0.3, -0.25) is 10.7 Å². The normalized spacial score (nSPS) is 11.7. The van der Waals surface area contributed by atoms with Gasteiger partial charge in [0.05, 0.1) is 6.54 Å². The molecule has 0 spiro atoms. The highest BCUT2D eigenvalue weighted by Crippen LogP contribution is 2.14. The molecule has 0 atom stereocenters. The van der Waals surface area contributed by atoms with Gasteiger partial charge in [-0.2, -0.15) is 0 Å². The van der Waals surface area contributed by atoms with Gasteiger partial charge in [-0.1, -0.05) is 39.0 Å². The number of rotatable bonds is 7. The van der Waals surface area contributed by atoms with E-state index in [4.69, 9.17) is 14.9 Å². The third-order valence-electron chi connectivity index (χ3n) is 3.07. The lowest BCUT2D eigenvalue weighted by Crippen LogP contribution is -2.48. The van der Waals surface area contributed by atoms with Gasteiger partial charge in [0.25, 0.3) is 0 Å². The fourth-order valence-electron chi connectivity index (χ4n) is 2.00. The molecule has 7 nitrogen and oxygen atoms in total. The SMILES string of the molecule is CCCCCCC[CH]N(C(=N)NC(=O)OC(C)(C)C)C(=O)OC(C)(C)C. The highest BCUT2D eigenvalue weighted by atomic mass is 16.6. The van der Waals surface area contributed by atoms with Gasteiger partial charge in [0.15, 0.2) is 0 Å². The molecule has 7 heteroatoms. The average molecular weight is 371 g/mol. The number of guanidine groups is 1. The average Bonchev–Trinajstić information content (AvgIpc) is 2.41. The molecule has 0 aromatic carbocycles. The molecular formula is C19H36N3O4. The van der Waals surface area contributed by atoms with Gasteiger partial charge in [-0.15, -0.1) is 0 Å². The van der Waals surface area contributed by atoms with Gasteiger partial charge in [0.1, 0.15) is 11.2 Å². The summed E-state index contributed by atoms with van der Waals surface area (Å²) in [7, 11) is 0. The molecule has 2 amide bonds. The second-order valence-electron chi connectivity index (χ2n) is 8.21. The number of carbonyl (C=O) groups is 2. The molecule has 0 aromatic heterocycles. The molecule has 0 aliphatic heterocycles. The number of alkyl carbamates (subject to hydrolysis) is 1. The van der Waals surface area contributed by atoms with Crippen LogP contribution in [-0.2, 0) is 9.47 Å². The van der Waals surface area contributed by atoms with Gasteiger partial charge >= 0.3 is 12.2 Å². The number of ether oxygens (including phenoxy) is 2. The number of carbonyl (C=O) groups excluding carboxylic acids is 2. The van der Waals surface area contributed by atoms with Crippen molar-refractivity contribution in [3.8, 4) is 0 Å². The van der Waals surface area contributed by atoms with Crippen LogP contribution in [0.5, 0.6) is 0 Å². The van der Waals surface area contributed by atoms with Crippen molar-refractivity contribution in [2.75, 3.05) is 0 Å². The Kier molecular flexibility index (Phi) is 10.3. The lowest BCUT2D eigenvalue weighted by atomic mass is 10.1. The number of hydrogen-bond acceptors (Lipinski definition) is 5. The zero-order chi connectivity index (χ0) is 20.4. The molecule has 0 saturated carbocycles. The maximum atomic E-state index is 12.4. The smallest absolute Gasteiger partial charge is 0.417 e. The summed E-state index contributed by atoms with van der Waals surface area (Å²) in [6.45, 7) is 14.2. The first-order valence-electron chi connectivity index (χ1n) is 9.30. The van der Waals surface area contributed by atoms with Crippen LogP contribution >= 0.6 is 0 Å². The molecule has 0 aliphatic carbocycles. The predicted molar refractivity (Wildman–Crippen MR) is 103 cm³/mol. The van der Waals surface area contributed by atoms with Crippen molar-refractivity contribution >= 4 is 18.1 Å². The van der Waals surface area contributed by atoms with Crippen molar-refractivity contribution < 1.29 is 19.1 Å². The first-order chi connectivity index (χ1) is 11.9. The number of nitrogens with zero attached hydrogens (tertiary/aromatic N) is 1. The maximum Gasteiger partial charge on any atom is 0.417 e. The maximum absolute atomic E-state index is 12.4. The molecular weight excluding hydrogens is 334 g/mol. The standard InChI is InChI=1S/C19H36N3O4/c1-8-9-10-11-12-13-14-22(17(24)26-19(5,6)7)15(20)21-16(23)25-18(2,3)4/h14H,8-13H2,1-7H3,(H2,20,21,23). The second kappa shape index (κ2) is 11.0. The first kappa shape index (κ1) is 24.2. The molecule has 151 valence electrons. The van der Waals surface area contributed by atoms with Gasteiger partial charge in [-0.05, 0) is 48.0 Å². The Hall–Kier alpha value is -1.79. The lowest BCUT2D eigenvalue weighted by molar-refractivity contribution is 0.0389. The summed E-state index contributed by atoms with van der Waals surface area (Å²) in [5.41, 5.74) is -1.39. The van der Waals surface area contributed by atoms with Crippen LogP contribution in [0.4, 0.5) is 9.59 Å². The zero-order valence-electron chi connectivity index (χ0n) is 17.4. The minimum atomic E-state index is -0.785. The van der Waals surface area contributed by atoms with E-state index in [1.165, 1.54) is 6.42 Å². The van der Waals surface area contributed by atoms with Crippen LogP contribution in [0, 0.1) is 12.0 Å². The molecule has 1 radical (unpaired) electrons. The molecule has 0 fully saturated rings. The lowest BCUT2D eigenvalue weighted by Gasteiger charge is -2.27. The van der Waals surface area contributed by atoms with E-state index in [1.54, 1.807) is 48.1 Å². The topological polar surface area (TPSA) is 91.7 Å². The zero-order valence-corrected chi connectivity index (χ0v) is 17.4. The minimum absolute atomic E-state index is 0.387. The van der Waals surface area contributed by atoms with Crippen LogP contribution in [0.15, 0.2) is 0 Å². The highest BCUT2D eigenvalue weighted by Gasteiger charge is 2.27. The number of nitrogens with one attached hydrogen (secondary N) is 2. The second-order valence-corrected chi connectivity index (χ2v) is 8.21. The number of unbranched alkanes of at least 4 members (excludes halogenated alkanes) is 5. The summed E-state index contributed by atoms with van der Waals surface area (Å²) in [6.07, 6.45) is 4.58. The van der Waals surface area contributed by atoms with Crippen LogP contribution in [0.2, 0.25) is 0 Å². The van der Waals surface area contributed by atoms with Gasteiger partial charge in [0.2, 0.25) is 5.96 Å². The van der Waals surface area contributed by atoms with Gasteiger partial charge in [0, 0.05) is 0 Å². The minimum Gasteiger partial charge on any atom is -0.444 e. The third-order valence-corrected chi connectivity index (χ3v) is 3.07. The summed E-state index contributed by atoms with van der Waals surface area (Å²) in [5.74, 6) is -0.387. The molecule has 0 unspecified atom stereocenters. The van der Waals surface area contributed by atoms with E-state index in [9.17, 15) is 9.59 Å². The summed E-state index contributed by atoms with van der Waals surface area (Å²) in [5, 5.41) is 10.3. The largest absolute Gasteiger partial charge is 0.444 e. The van der Waals surface area contributed by atoms with E-state index in [0.717, 1.165) is 30.6 Å². The van der Waals surface area contributed by atoms with E-state index in [2.05, 4.69) is 12.2 Å². The molecule has 0 saturated heterocycles. The van der Waals surface area contributed by atoms with Crippen molar-refractivity contribution in [1.82, 2.24) is 10.2 Å². The highest BCUT2D eigenvalue weighted by molar-refractivity contribution is 6.00. The van der Waals surface area contributed by atoms with E-state index in [1.807, 2.05) is 0 Å². The molecule has 0 aromatic rings. The van der Waals surface area contributed by atoms with E-state index in [0.29, 0.717) is 6.42 Å². The van der Waals surface area contributed by atoms with Crippen LogP contribution in [0.3, 0.4) is 0 Å². The number of amides is 2. The van der Waals surface area contributed by atoms with E-state index < -0.39 is 23.4 Å². The van der Waals surface area contributed by atoms with Gasteiger partial charge in [-0.25, -0.2) is 14.5 Å². The Morgan fingerprint density at radius 2 is 1.50 bits per heavy atom. The van der Waals surface area contributed by atoms with Crippen LogP contribution < -0.4 is 5.32 Å². The van der Waals surface area contributed by atoms with E-state index in [-0.39, 0.29) is 5.96 Å². The van der Waals surface area contributed by atoms with Crippen molar-refractivity contribution in [2.24, 2.45) is 0 Å². The summed E-state index contributed by atoms with van der Waals surface area (Å²) >= 11 is 0. The fraction of sp³-hybridized carbons (Fsp3) is 0.789. The fourth-order valence-corrected chi connectivity index (χ4v) is 2.00. The van der Waals surface area contributed by atoms with Crippen molar-refractivity contribution in [3.05, 3.63) is 6.54 Å². The number of hydrogen-bond donors (Lipinski definition) is 2. The van der Waals surface area contributed by atoms with Crippen LogP contribution in [0.1, 0.15) is 87.0 Å². The molecule has 2 N–H and O–H groups in total. The van der Waals surface area contributed by atoms with Crippen molar-refractivity contribution in [2.45, 2.75) is 98.2 Å². The van der Waals surface area contributed by atoms with Crippen LogP contribution in [0.25, 0.3) is 0 Å². The molecule has 0 heterocycles. The Balaban J connectivity index is 4.77. The molecule has 0 aliphatic rings. The quantitative estimate of drug-likeness (QED) is 0.366. The Morgan fingerprint density at radius 3 is 2.00 bits per heavy atom. The Labute approximate surface area is 158 Å². The Bertz CT molecular complexity index is 464. The van der Waals surface area contributed by atoms with E-state index >= 15 is 0 Å². The van der Waals surface area contributed by atoms with Gasteiger partial charge < -0.3 is 9.47 Å². The first-order valence-corrected chi connectivity index (χ1v) is 9.30. The molecule has 26 heavy (non-hydrogen) atoms. The third kappa shape index (κ3) is 12.6. The summed E-state index contributed by atoms with van der Waals surface area (Å²) < 4.78 is 10.4. The monoisotopic (exact) mass is 370 g/mol. The molecule has 0 rings (SSSR count). The van der Waals surface area contributed by atoms with Crippen molar-refractivity contribution in [1.29, 1.82) is 5.41 Å².